The van der Waals surface area contributed by atoms with Gasteiger partial charge in [0.2, 0.25) is 0 Å². The minimum atomic E-state index is 0.273. The molecule has 3 rings (SSSR count). The summed E-state index contributed by atoms with van der Waals surface area (Å²) in [5, 5.41) is 0. The first-order valence-electron chi connectivity index (χ1n) is 7.34. The van der Waals surface area contributed by atoms with Gasteiger partial charge in [-0.3, -0.25) is 9.69 Å². The molecule has 1 aliphatic heterocycles. The highest BCUT2D eigenvalue weighted by molar-refractivity contribution is 6.00. The summed E-state index contributed by atoms with van der Waals surface area (Å²) >= 11 is 0. The van der Waals surface area contributed by atoms with Gasteiger partial charge in [-0.25, -0.2) is 0 Å². The number of hydrogen-bond donors (Lipinski definition) is 0. The lowest BCUT2D eigenvalue weighted by molar-refractivity contribution is 0.0994. The Balaban J connectivity index is 1.51. The van der Waals surface area contributed by atoms with E-state index in [0.29, 0.717) is 6.42 Å². The van der Waals surface area contributed by atoms with E-state index in [4.69, 9.17) is 4.74 Å². The summed E-state index contributed by atoms with van der Waals surface area (Å²) in [6, 6.07) is 5.88. The molecule has 1 saturated heterocycles. The van der Waals surface area contributed by atoms with Crippen molar-refractivity contribution in [2.75, 3.05) is 26.2 Å². The Morgan fingerprint density at radius 3 is 2.79 bits per heavy atom. The van der Waals surface area contributed by atoms with Gasteiger partial charge in [-0.15, -0.1) is 0 Å². The topological polar surface area (TPSA) is 29.5 Å². The lowest BCUT2D eigenvalue weighted by atomic mass is 10.1. The maximum absolute atomic E-state index is 11.5. The highest BCUT2D eigenvalue weighted by Crippen LogP contribution is 2.26. The predicted molar refractivity (Wildman–Crippen MR) is 74.9 cm³/mol. The van der Waals surface area contributed by atoms with Crippen LogP contribution < -0.4 is 4.74 Å². The Bertz CT molecular complexity index is 464. The zero-order valence-electron chi connectivity index (χ0n) is 11.4. The first-order chi connectivity index (χ1) is 9.33. The molecule has 0 radical (unpaired) electrons. The van der Waals surface area contributed by atoms with Crippen molar-refractivity contribution in [3.8, 4) is 5.75 Å². The van der Waals surface area contributed by atoms with Crippen LogP contribution in [0, 0.1) is 0 Å². The molecule has 1 fully saturated rings. The van der Waals surface area contributed by atoms with Crippen molar-refractivity contribution >= 4 is 5.78 Å². The number of ketones is 1. The van der Waals surface area contributed by atoms with Crippen LogP contribution in [0.15, 0.2) is 18.2 Å². The van der Waals surface area contributed by atoms with E-state index >= 15 is 0 Å². The van der Waals surface area contributed by atoms with Crippen molar-refractivity contribution in [2.24, 2.45) is 0 Å². The summed E-state index contributed by atoms with van der Waals surface area (Å²) in [6.07, 6.45) is 5.54. The van der Waals surface area contributed by atoms with Gasteiger partial charge in [-0.2, -0.15) is 0 Å². The van der Waals surface area contributed by atoms with Crippen LogP contribution in [-0.2, 0) is 6.42 Å². The van der Waals surface area contributed by atoms with Crippen LogP contribution in [-0.4, -0.2) is 36.9 Å². The molecule has 0 N–H and O–H groups in total. The number of ether oxygens (including phenoxy) is 1. The van der Waals surface area contributed by atoms with Crippen molar-refractivity contribution in [3.63, 3.8) is 0 Å². The SMILES string of the molecule is O=C1CCc2cc(OCCN3CCCCC3)ccc21. The first kappa shape index (κ1) is 12.7. The normalized spacial score (nSPS) is 19.5. The Hall–Kier alpha value is -1.35. The molecule has 0 aromatic heterocycles. The average Bonchev–Trinajstić information content (AvgIpc) is 2.81. The van der Waals surface area contributed by atoms with Gasteiger partial charge in [0.1, 0.15) is 12.4 Å². The zero-order valence-corrected chi connectivity index (χ0v) is 11.4. The maximum atomic E-state index is 11.5. The Labute approximate surface area is 114 Å². The van der Waals surface area contributed by atoms with E-state index in [0.717, 1.165) is 36.4 Å². The molecule has 1 aliphatic carbocycles. The number of rotatable bonds is 4. The van der Waals surface area contributed by atoms with Gasteiger partial charge >= 0.3 is 0 Å². The second kappa shape index (κ2) is 5.74. The van der Waals surface area contributed by atoms with Gasteiger partial charge in [-0.1, -0.05) is 6.42 Å². The lowest BCUT2D eigenvalue weighted by Gasteiger charge is -2.26. The predicted octanol–water partition coefficient (Wildman–Crippen LogP) is 2.68. The number of fused-ring (bicyclic) bond motifs is 1. The summed E-state index contributed by atoms with van der Waals surface area (Å²) < 4.78 is 5.82. The summed E-state index contributed by atoms with van der Waals surface area (Å²) in [5.74, 6) is 1.18. The number of Topliss-reactive ketones (excluding diaryl/α,β-unsaturated/α-hetero) is 1. The molecule has 2 aliphatic rings. The lowest BCUT2D eigenvalue weighted by Crippen LogP contribution is -2.33. The summed E-state index contributed by atoms with van der Waals surface area (Å²) in [6.45, 7) is 4.17. The van der Waals surface area contributed by atoms with Gasteiger partial charge in [0, 0.05) is 18.5 Å². The smallest absolute Gasteiger partial charge is 0.163 e. The molecule has 0 bridgehead atoms. The van der Waals surface area contributed by atoms with Gasteiger partial charge in [0.15, 0.2) is 5.78 Å². The number of piperidine rings is 1. The molecule has 1 heterocycles. The number of aryl methyl sites for hydroxylation is 1. The standard InChI is InChI=1S/C16H21NO2/c18-16-7-4-13-12-14(5-6-15(13)16)19-11-10-17-8-2-1-3-9-17/h5-6,12H,1-4,7-11H2. The summed E-state index contributed by atoms with van der Waals surface area (Å²) in [5.41, 5.74) is 2.05. The third-order valence-electron chi connectivity index (χ3n) is 4.12. The number of benzene rings is 1. The second-order valence-corrected chi connectivity index (χ2v) is 5.49. The van der Waals surface area contributed by atoms with Gasteiger partial charge in [-0.05, 0) is 56.1 Å². The molecular formula is C16H21NO2. The van der Waals surface area contributed by atoms with Crippen molar-refractivity contribution in [1.29, 1.82) is 0 Å². The quantitative estimate of drug-likeness (QED) is 0.832. The van der Waals surface area contributed by atoms with Crippen LogP contribution in [0.4, 0.5) is 0 Å². The zero-order chi connectivity index (χ0) is 13.1. The molecule has 0 saturated carbocycles. The maximum Gasteiger partial charge on any atom is 0.163 e. The third-order valence-corrected chi connectivity index (χ3v) is 4.12. The summed E-state index contributed by atoms with van der Waals surface area (Å²) in [7, 11) is 0. The molecule has 19 heavy (non-hydrogen) atoms. The Morgan fingerprint density at radius 1 is 1.11 bits per heavy atom. The van der Waals surface area contributed by atoms with E-state index in [1.54, 1.807) is 0 Å². The number of carbonyl (C=O) groups excluding carboxylic acids is 1. The molecule has 0 atom stereocenters. The van der Waals surface area contributed by atoms with Gasteiger partial charge in [0.05, 0.1) is 0 Å². The van der Waals surface area contributed by atoms with Crippen LogP contribution >= 0.6 is 0 Å². The second-order valence-electron chi connectivity index (χ2n) is 5.49. The fourth-order valence-corrected chi connectivity index (χ4v) is 3.00. The monoisotopic (exact) mass is 259 g/mol. The molecule has 1 aromatic rings. The van der Waals surface area contributed by atoms with Crippen LogP contribution in [0.2, 0.25) is 0 Å². The van der Waals surface area contributed by atoms with E-state index in [2.05, 4.69) is 4.90 Å². The van der Waals surface area contributed by atoms with Crippen molar-refractivity contribution in [3.05, 3.63) is 29.3 Å². The molecule has 3 nitrogen and oxygen atoms in total. The molecule has 0 amide bonds. The van der Waals surface area contributed by atoms with Crippen molar-refractivity contribution < 1.29 is 9.53 Å². The summed E-state index contributed by atoms with van der Waals surface area (Å²) in [4.78, 5) is 14.0. The molecular weight excluding hydrogens is 238 g/mol. The minimum absolute atomic E-state index is 0.273. The Morgan fingerprint density at radius 2 is 1.95 bits per heavy atom. The van der Waals surface area contributed by atoms with Crippen LogP contribution in [0.3, 0.4) is 0 Å². The fourth-order valence-electron chi connectivity index (χ4n) is 3.00. The van der Waals surface area contributed by atoms with E-state index in [-0.39, 0.29) is 5.78 Å². The molecule has 3 heteroatoms. The van der Waals surface area contributed by atoms with E-state index in [1.807, 2.05) is 18.2 Å². The minimum Gasteiger partial charge on any atom is -0.492 e. The van der Waals surface area contributed by atoms with E-state index < -0.39 is 0 Å². The van der Waals surface area contributed by atoms with E-state index in [1.165, 1.54) is 32.4 Å². The average molecular weight is 259 g/mol. The Kier molecular flexibility index (Phi) is 3.83. The largest absolute Gasteiger partial charge is 0.492 e. The van der Waals surface area contributed by atoms with Crippen LogP contribution in [0.5, 0.6) is 5.75 Å². The van der Waals surface area contributed by atoms with Crippen LogP contribution in [0.25, 0.3) is 0 Å². The number of carbonyl (C=O) groups is 1. The molecule has 1 aromatic carbocycles. The number of hydrogen-bond acceptors (Lipinski definition) is 3. The first-order valence-corrected chi connectivity index (χ1v) is 7.34. The van der Waals surface area contributed by atoms with E-state index in [9.17, 15) is 4.79 Å². The third kappa shape index (κ3) is 2.98. The van der Waals surface area contributed by atoms with Crippen molar-refractivity contribution in [2.45, 2.75) is 32.1 Å². The molecule has 0 spiro atoms. The highest BCUT2D eigenvalue weighted by Gasteiger charge is 2.19. The van der Waals surface area contributed by atoms with Gasteiger partial charge < -0.3 is 4.74 Å². The number of nitrogens with zero attached hydrogens (tertiary/aromatic N) is 1. The highest BCUT2D eigenvalue weighted by atomic mass is 16.5. The molecule has 0 unspecified atom stereocenters. The fraction of sp³-hybridized carbons (Fsp3) is 0.562. The van der Waals surface area contributed by atoms with Gasteiger partial charge in [0.25, 0.3) is 0 Å². The number of likely N-dealkylation sites (tertiary alicyclic amines) is 1. The van der Waals surface area contributed by atoms with Crippen LogP contribution in [0.1, 0.15) is 41.6 Å². The molecule has 102 valence electrons. The van der Waals surface area contributed by atoms with Crippen molar-refractivity contribution in [1.82, 2.24) is 4.90 Å².